The van der Waals surface area contributed by atoms with Gasteiger partial charge in [0.15, 0.2) is 0 Å². The van der Waals surface area contributed by atoms with Crippen molar-refractivity contribution >= 4 is 27.0 Å². The van der Waals surface area contributed by atoms with E-state index in [2.05, 4.69) is 11.5 Å². The van der Waals surface area contributed by atoms with E-state index < -0.39 is 10.0 Å². The van der Waals surface area contributed by atoms with Crippen LogP contribution in [0.4, 0.5) is 0 Å². The highest BCUT2D eigenvalue weighted by atomic mass is 32.2. The van der Waals surface area contributed by atoms with Crippen molar-refractivity contribution in [2.45, 2.75) is 57.4 Å². The van der Waals surface area contributed by atoms with Crippen LogP contribution in [0.25, 0.3) is 11.0 Å². The lowest BCUT2D eigenvalue weighted by Crippen LogP contribution is -2.35. The Balaban J connectivity index is 1.81. The molecule has 2 heterocycles. The maximum Gasteiger partial charge on any atom is 0.242 e. The number of sulfonamides is 1. The quantitative estimate of drug-likeness (QED) is 0.511. The van der Waals surface area contributed by atoms with Crippen molar-refractivity contribution in [3.8, 4) is 0 Å². The number of ether oxygens (including phenoxy) is 1. The van der Waals surface area contributed by atoms with E-state index in [1.165, 1.54) is 18.4 Å². The zero-order valence-electron chi connectivity index (χ0n) is 19.7. The van der Waals surface area contributed by atoms with Gasteiger partial charge in [0, 0.05) is 59.1 Å². The summed E-state index contributed by atoms with van der Waals surface area (Å²) in [5, 5.41) is 0. The minimum absolute atomic E-state index is 0.129. The molecule has 0 radical (unpaired) electrons. The van der Waals surface area contributed by atoms with E-state index in [1.807, 2.05) is 17.9 Å². The summed E-state index contributed by atoms with van der Waals surface area (Å²) in [7, 11) is -0.485. The van der Waals surface area contributed by atoms with E-state index in [1.54, 1.807) is 12.1 Å². The zero-order chi connectivity index (χ0) is 23.3. The lowest BCUT2D eigenvalue weighted by molar-refractivity contribution is -0.131. The van der Waals surface area contributed by atoms with E-state index in [0.29, 0.717) is 30.8 Å². The van der Waals surface area contributed by atoms with Crippen molar-refractivity contribution in [3.63, 3.8) is 0 Å². The van der Waals surface area contributed by atoms with Crippen LogP contribution >= 0.6 is 0 Å². The van der Waals surface area contributed by atoms with Crippen LogP contribution < -0.4 is 0 Å². The molecule has 32 heavy (non-hydrogen) atoms. The maximum absolute atomic E-state index is 12.9. The number of hydrogen-bond donors (Lipinski definition) is 0. The van der Waals surface area contributed by atoms with Gasteiger partial charge in [-0.2, -0.15) is 0 Å². The van der Waals surface area contributed by atoms with Gasteiger partial charge in [0.1, 0.15) is 5.82 Å². The molecule has 2 aromatic rings. The van der Waals surface area contributed by atoms with Gasteiger partial charge in [0.05, 0.1) is 22.5 Å². The van der Waals surface area contributed by atoms with E-state index in [0.717, 1.165) is 56.9 Å². The van der Waals surface area contributed by atoms with E-state index >= 15 is 0 Å². The maximum atomic E-state index is 12.9. The summed E-state index contributed by atoms with van der Waals surface area (Å²) in [6.07, 6.45) is 3.96. The highest BCUT2D eigenvalue weighted by molar-refractivity contribution is 7.89. The fourth-order valence-corrected chi connectivity index (χ4v) is 5.03. The van der Waals surface area contributed by atoms with Crippen molar-refractivity contribution in [2.24, 2.45) is 5.92 Å². The fourth-order valence-electron chi connectivity index (χ4n) is 4.11. The van der Waals surface area contributed by atoms with Gasteiger partial charge in [-0.3, -0.25) is 4.79 Å². The summed E-state index contributed by atoms with van der Waals surface area (Å²) >= 11 is 0. The largest absolute Gasteiger partial charge is 0.381 e. The number of fused-ring (bicyclic) bond motifs is 1. The summed E-state index contributed by atoms with van der Waals surface area (Å²) in [6.45, 7) is 7.89. The number of carbonyl (C=O) groups excluding carboxylic acids is 1. The molecule has 1 aliphatic heterocycles. The molecule has 1 aromatic heterocycles. The predicted octanol–water partition coefficient (Wildman–Crippen LogP) is 2.90. The highest BCUT2D eigenvalue weighted by Crippen LogP contribution is 2.24. The van der Waals surface area contributed by atoms with Crippen LogP contribution in [0.15, 0.2) is 23.1 Å². The summed E-state index contributed by atoms with van der Waals surface area (Å²) in [4.78, 5) is 19.8. The highest BCUT2D eigenvalue weighted by Gasteiger charge is 2.23. The second-order valence-corrected chi connectivity index (χ2v) is 10.8. The molecule has 3 rings (SSSR count). The van der Waals surface area contributed by atoms with Crippen molar-refractivity contribution in [3.05, 3.63) is 24.0 Å². The molecule has 0 saturated carbocycles. The second-order valence-electron chi connectivity index (χ2n) is 8.63. The minimum atomic E-state index is -3.53. The van der Waals surface area contributed by atoms with Crippen molar-refractivity contribution in [2.75, 3.05) is 40.4 Å². The van der Waals surface area contributed by atoms with Crippen molar-refractivity contribution in [1.82, 2.24) is 18.8 Å². The minimum Gasteiger partial charge on any atom is -0.381 e. The van der Waals surface area contributed by atoms with Crippen LogP contribution in [-0.4, -0.2) is 73.5 Å². The lowest BCUT2D eigenvalue weighted by atomic mass is 10.1. The first-order valence-electron chi connectivity index (χ1n) is 11.5. The number of benzene rings is 1. The Bertz CT molecular complexity index is 1030. The van der Waals surface area contributed by atoms with Crippen LogP contribution in [0.3, 0.4) is 0 Å². The number of aromatic nitrogens is 2. The van der Waals surface area contributed by atoms with Crippen LogP contribution in [-0.2, 0) is 32.5 Å². The molecule has 0 spiro atoms. The average molecular weight is 465 g/mol. The number of unbranched alkanes of at least 4 members (excludes halogenated alkanes) is 1. The molecule has 0 bridgehead atoms. The standard InChI is InChI=1S/C23H36N4O4S/c1-5-7-13-27-21-9-8-19(32(29,30)25(3)4)15-20(21)24-22(27)10-11-23(28)26(6-2)16-18-12-14-31-17-18/h8-9,15,18H,5-7,10-14,16-17H2,1-4H3. The Morgan fingerprint density at radius 2 is 2.06 bits per heavy atom. The monoisotopic (exact) mass is 464 g/mol. The van der Waals surface area contributed by atoms with Gasteiger partial charge in [-0.1, -0.05) is 13.3 Å². The van der Waals surface area contributed by atoms with Crippen molar-refractivity contribution in [1.29, 1.82) is 0 Å². The van der Waals surface area contributed by atoms with Crippen LogP contribution in [0.2, 0.25) is 0 Å². The molecular weight excluding hydrogens is 428 g/mol. The summed E-state index contributed by atoms with van der Waals surface area (Å²) in [5.74, 6) is 1.39. The third-order valence-electron chi connectivity index (χ3n) is 6.11. The normalized spacial score (nSPS) is 16.8. The number of hydrogen-bond acceptors (Lipinski definition) is 5. The second kappa shape index (κ2) is 10.8. The predicted molar refractivity (Wildman–Crippen MR) is 125 cm³/mol. The Labute approximate surface area is 191 Å². The molecule has 1 aromatic carbocycles. The number of aryl methyl sites for hydroxylation is 2. The summed E-state index contributed by atoms with van der Waals surface area (Å²) in [6, 6.07) is 5.11. The molecule has 8 nitrogen and oxygen atoms in total. The van der Waals surface area contributed by atoms with Gasteiger partial charge in [-0.05, 0) is 38.0 Å². The lowest BCUT2D eigenvalue weighted by Gasteiger charge is -2.23. The Morgan fingerprint density at radius 1 is 1.28 bits per heavy atom. The van der Waals surface area contributed by atoms with Crippen LogP contribution in [0.1, 0.15) is 45.4 Å². The van der Waals surface area contributed by atoms with Gasteiger partial charge in [0.2, 0.25) is 15.9 Å². The third-order valence-corrected chi connectivity index (χ3v) is 7.92. The fraction of sp³-hybridized carbons (Fsp3) is 0.652. The number of rotatable bonds is 11. The van der Waals surface area contributed by atoms with E-state index in [-0.39, 0.29) is 10.8 Å². The molecular formula is C23H36N4O4S. The number of carbonyl (C=O) groups is 1. The van der Waals surface area contributed by atoms with Gasteiger partial charge in [-0.25, -0.2) is 17.7 Å². The van der Waals surface area contributed by atoms with E-state index in [9.17, 15) is 13.2 Å². The van der Waals surface area contributed by atoms with Gasteiger partial charge >= 0.3 is 0 Å². The number of amides is 1. The van der Waals surface area contributed by atoms with E-state index in [4.69, 9.17) is 9.72 Å². The smallest absolute Gasteiger partial charge is 0.242 e. The molecule has 1 amide bonds. The molecule has 0 aliphatic carbocycles. The average Bonchev–Trinajstić information content (AvgIpc) is 3.41. The topological polar surface area (TPSA) is 84.7 Å². The molecule has 1 saturated heterocycles. The van der Waals surface area contributed by atoms with Crippen LogP contribution in [0.5, 0.6) is 0 Å². The summed E-state index contributed by atoms with van der Waals surface area (Å²) < 4.78 is 33.9. The first-order chi connectivity index (χ1) is 15.3. The summed E-state index contributed by atoms with van der Waals surface area (Å²) in [5.41, 5.74) is 1.57. The Morgan fingerprint density at radius 3 is 2.69 bits per heavy atom. The molecule has 178 valence electrons. The first kappa shape index (κ1) is 24.7. The molecule has 1 unspecified atom stereocenters. The van der Waals surface area contributed by atoms with Gasteiger partial charge < -0.3 is 14.2 Å². The molecule has 1 aliphatic rings. The van der Waals surface area contributed by atoms with Crippen molar-refractivity contribution < 1.29 is 17.9 Å². The number of imidazole rings is 1. The Hall–Kier alpha value is -1.97. The molecule has 1 fully saturated rings. The molecule has 9 heteroatoms. The van der Waals surface area contributed by atoms with Gasteiger partial charge in [0.25, 0.3) is 0 Å². The first-order valence-corrected chi connectivity index (χ1v) is 13.0. The van der Waals surface area contributed by atoms with Gasteiger partial charge in [-0.15, -0.1) is 0 Å². The zero-order valence-corrected chi connectivity index (χ0v) is 20.5. The SMILES string of the molecule is CCCCn1c(CCC(=O)N(CC)CC2CCOC2)nc2cc(S(=O)(=O)N(C)C)ccc21. The van der Waals surface area contributed by atoms with Crippen LogP contribution in [0, 0.1) is 5.92 Å². The molecule has 0 N–H and O–H groups in total. The Kier molecular flexibility index (Phi) is 8.30. The third kappa shape index (κ3) is 5.50. The molecule has 1 atom stereocenters. The number of nitrogens with zero attached hydrogens (tertiary/aromatic N) is 4.